The van der Waals surface area contributed by atoms with Crippen LogP contribution >= 0.6 is 0 Å². The number of aromatic nitrogens is 2. The fraction of sp³-hybridized carbons (Fsp3) is 0.231. The summed E-state index contributed by atoms with van der Waals surface area (Å²) in [4.78, 5) is 8.16. The Morgan fingerprint density at radius 3 is 2.76 bits per heavy atom. The summed E-state index contributed by atoms with van der Waals surface area (Å²) < 4.78 is 0. The molecule has 0 aliphatic rings. The summed E-state index contributed by atoms with van der Waals surface area (Å²) in [5, 5.41) is 3.30. The Labute approximate surface area is 101 Å². The molecule has 17 heavy (non-hydrogen) atoms. The summed E-state index contributed by atoms with van der Waals surface area (Å²) in [5.74, 6) is 1.27. The van der Waals surface area contributed by atoms with E-state index in [0.29, 0.717) is 5.82 Å². The van der Waals surface area contributed by atoms with Crippen LogP contribution in [0.1, 0.15) is 18.1 Å². The van der Waals surface area contributed by atoms with Gasteiger partial charge in [0.2, 0.25) is 0 Å². The van der Waals surface area contributed by atoms with Gasteiger partial charge >= 0.3 is 0 Å². The number of nitrogens with two attached hydrogens (primary N) is 1. The number of benzene rings is 1. The van der Waals surface area contributed by atoms with Crippen molar-refractivity contribution in [3.8, 4) is 0 Å². The summed E-state index contributed by atoms with van der Waals surface area (Å²) in [6.45, 7) is 4.04. The van der Waals surface area contributed by atoms with Crippen molar-refractivity contribution in [1.29, 1.82) is 0 Å². The molecule has 0 saturated heterocycles. The van der Waals surface area contributed by atoms with E-state index in [0.717, 1.165) is 23.5 Å². The fourth-order valence-electron chi connectivity index (χ4n) is 1.67. The van der Waals surface area contributed by atoms with Crippen LogP contribution in [0.2, 0.25) is 0 Å². The molecule has 0 amide bonds. The molecule has 2 rings (SSSR count). The van der Waals surface area contributed by atoms with Crippen LogP contribution < -0.4 is 11.1 Å². The van der Waals surface area contributed by atoms with E-state index in [1.54, 1.807) is 0 Å². The van der Waals surface area contributed by atoms with Crippen LogP contribution in [-0.4, -0.2) is 9.97 Å². The van der Waals surface area contributed by atoms with E-state index in [2.05, 4.69) is 28.3 Å². The van der Waals surface area contributed by atoms with Crippen molar-refractivity contribution in [3.63, 3.8) is 0 Å². The van der Waals surface area contributed by atoms with Gasteiger partial charge in [-0.3, -0.25) is 0 Å². The summed E-state index contributed by atoms with van der Waals surface area (Å²) in [5.41, 5.74) is 8.95. The SMILES string of the molecule is CCc1ccccc1Nc1ncnc(N)c1C. The first-order chi connectivity index (χ1) is 8.22. The minimum Gasteiger partial charge on any atom is -0.383 e. The molecule has 0 atom stereocenters. The third kappa shape index (κ3) is 2.36. The summed E-state index contributed by atoms with van der Waals surface area (Å²) in [7, 11) is 0. The van der Waals surface area contributed by atoms with E-state index in [1.807, 2.05) is 25.1 Å². The zero-order chi connectivity index (χ0) is 12.3. The Hall–Kier alpha value is -2.10. The second-order valence-corrected chi connectivity index (χ2v) is 3.87. The Morgan fingerprint density at radius 2 is 2.00 bits per heavy atom. The van der Waals surface area contributed by atoms with Crippen LogP contribution in [0.25, 0.3) is 0 Å². The lowest BCUT2D eigenvalue weighted by atomic mass is 10.1. The number of rotatable bonds is 3. The molecule has 2 aromatic rings. The van der Waals surface area contributed by atoms with Crippen LogP contribution in [0.3, 0.4) is 0 Å². The number of hydrogen-bond donors (Lipinski definition) is 2. The molecular weight excluding hydrogens is 212 g/mol. The maximum Gasteiger partial charge on any atom is 0.138 e. The Kier molecular flexibility index (Phi) is 3.23. The highest BCUT2D eigenvalue weighted by molar-refractivity contribution is 5.65. The van der Waals surface area contributed by atoms with Gasteiger partial charge < -0.3 is 11.1 Å². The van der Waals surface area contributed by atoms with Crippen molar-refractivity contribution >= 4 is 17.3 Å². The number of aryl methyl sites for hydroxylation is 1. The number of nitrogens with zero attached hydrogens (tertiary/aromatic N) is 2. The maximum absolute atomic E-state index is 5.75. The quantitative estimate of drug-likeness (QED) is 0.847. The molecule has 0 aliphatic heterocycles. The molecule has 1 heterocycles. The van der Waals surface area contributed by atoms with Crippen LogP contribution in [0.5, 0.6) is 0 Å². The molecular formula is C13H16N4. The predicted octanol–water partition coefficient (Wildman–Crippen LogP) is 2.67. The van der Waals surface area contributed by atoms with Gasteiger partial charge in [-0.25, -0.2) is 9.97 Å². The van der Waals surface area contributed by atoms with Gasteiger partial charge in [0.15, 0.2) is 0 Å². The Bertz CT molecular complexity index is 523. The van der Waals surface area contributed by atoms with E-state index in [4.69, 9.17) is 5.73 Å². The molecule has 0 spiro atoms. The van der Waals surface area contributed by atoms with Gasteiger partial charge in [0.25, 0.3) is 0 Å². The number of nitrogen functional groups attached to an aromatic ring is 1. The third-order valence-electron chi connectivity index (χ3n) is 2.77. The van der Waals surface area contributed by atoms with Crippen molar-refractivity contribution < 1.29 is 0 Å². The minimum absolute atomic E-state index is 0.511. The monoisotopic (exact) mass is 228 g/mol. The van der Waals surface area contributed by atoms with E-state index in [1.165, 1.54) is 11.9 Å². The third-order valence-corrected chi connectivity index (χ3v) is 2.77. The highest BCUT2D eigenvalue weighted by atomic mass is 15.0. The normalized spacial score (nSPS) is 10.2. The van der Waals surface area contributed by atoms with Gasteiger partial charge in [-0.2, -0.15) is 0 Å². The van der Waals surface area contributed by atoms with Crippen LogP contribution in [0.4, 0.5) is 17.3 Å². The predicted molar refractivity (Wildman–Crippen MR) is 70.3 cm³/mol. The van der Waals surface area contributed by atoms with Crippen molar-refractivity contribution in [2.75, 3.05) is 11.1 Å². The lowest BCUT2D eigenvalue weighted by Crippen LogP contribution is -2.03. The molecule has 0 radical (unpaired) electrons. The van der Waals surface area contributed by atoms with Gasteiger partial charge in [-0.15, -0.1) is 0 Å². The zero-order valence-electron chi connectivity index (χ0n) is 10.1. The highest BCUT2D eigenvalue weighted by Gasteiger charge is 2.06. The van der Waals surface area contributed by atoms with E-state index >= 15 is 0 Å². The first-order valence-electron chi connectivity index (χ1n) is 5.64. The first-order valence-corrected chi connectivity index (χ1v) is 5.64. The van der Waals surface area contributed by atoms with Gasteiger partial charge in [-0.1, -0.05) is 25.1 Å². The first kappa shape index (κ1) is 11.4. The molecule has 1 aromatic carbocycles. The van der Waals surface area contributed by atoms with E-state index < -0.39 is 0 Å². The van der Waals surface area contributed by atoms with Crippen LogP contribution in [-0.2, 0) is 6.42 Å². The van der Waals surface area contributed by atoms with Gasteiger partial charge in [0.1, 0.15) is 18.0 Å². The smallest absolute Gasteiger partial charge is 0.138 e. The number of anilines is 3. The standard InChI is InChI=1S/C13H16N4/c1-3-10-6-4-5-7-11(10)17-13-9(2)12(14)15-8-16-13/h4-8H,3H2,1-2H3,(H3,14,15,16,17). The maximum atomic E-state index is 5.75. The number of nitrogens with one attached hydrogen (secondary N) is 1. The van der Waals surface area contributed by atoms with Crippen molar-refractivity contribution in [2.45, 2.75) is 20.3 Å². The van der Waals surface area contributed by atoms with Crippen LogP contribution in [0.15, 0.2) is 30.6 Å². The largest absolute Gasteiger partial charge is 0.383 e. The lowest BCUT2D eigenvalue weighted by Gasteiger charge is -2.12. The molecule has 0 saturated carbocycles. The molecule has 88 valence electrons. The van der Waals surface area contributed by atoms with Gasteiger partial charge in [0, 0.05) is 11.3 Å². The Morgan fingerprint density at radius 1 is 1.24 bits per heavy atom. The van der Waals surface area contributed by atoms with Crippen molar-refractivity contribution in [2.24, 2.45) is 0 Å². The molecule has 0 unspecified atom stereocenters. The van der Waals surface area contributed by atoms with Crippen molar-refractivity contribution in [3.05, 3.63) is 41.7 Å². The van der Waals surface area contributed by atoms with E-state index in [-0.39, 0.29) is 0 Å². The van der Waals surface area contributed by atoms with Gasteiger partial charge in [0.05, 0.1) is 0 Å². The summed E-state index contributed by atoms with van der Waals surface area (Å²) >= 11 is 0. The summed E-state index contributed by atoms with van der Waals surface area (Å²) in [6.07, 6.45) is 2.45. The topological polar surface area (TPSA) is 63.8 Å². The molecule has 4 nitrogen and oxygen atoms in total. The second-order valence-electron chi connectivity index (χ2n) is 3.87. The highest BCUT2D eigenvalue weighted by Crippen LogP contribution is 2.23. The average molecular weight is 228 g/mol. The summed E-state index contributed by atoms with van der Waals surface area (Å²) in [6, 6.07) is 8.17. The molecule has 0 fully saturated rings. The molecule has 4 heteroatoms. The Balaban J connectivity index is 2.35. The molecule has 3 N–H and O–H groups in total. The molecule has 0 bridgehead atoms. The number of para-hydroxylation sites is 1. The molecule has 0 aliphatic carbocycles. The van der Waals surface area contributed by atoms with E-state index in [9.17, 15) is 0 Å². The second kappa shape index (κ2) is 4.82. The number of hydrogen-bond acceptors (Lipinski definition) is 4. The minimum atomic E-state index is 0.511. The molecule has 1 aromatic heterocycles. The van der Waals surface area contributed by atoms with Crippen molar-refractivity contribution in [1.82, 2.24) is 9.97 Å². The fourth-order valence-corrected chi connectivity index (χ4v) is 1.67. The lowest BCUT2D eigenvalue weighted by molar-refractivity contribution is 1.12. The average Bonchev–Trinajstić information content (AvgIpc) is 2.35. The van der Waals surface area contributed by atoms with Gasteiger partial charge in [-0.05, 0) is 25.0 Å². The van der Waals surface area contributed by atoms with Crippen LogP contribution in [0, 0.1) is 6.92 Å². The zero-order valence-corrected chi connectivity index (χ0v) is 10.1.